The van der Waals surface area contributed by atoms with Gasteiger partial charge in [-0.05, 0) is 66.0 Å². The van der Waals surface area contributed by atoms with E-state index in [-0.39, 0.29) is 12.4 Å². The average molecular weight is 396 g/mol. The minimum atomic E-state index is 0. The molecule has 0 spiro atoms. The molecule has 0 saturated heterocycles. The molecule has 1 aliphatic carbocycles. The van der Waals surface area contributed by atoms with Crippen LogP contribution in [-0.2, 0) is 0 Å². The SMILES string of the molecule is COc1ccc(C2=CCC[C@@H](CN3CC=C(c4ccccc4)CC3)C2)cc1.Cl. The molecule has 2 aromatic rings. The predicted octanol–water partition coefficient (Wildman–Crippen LogP) is 6.09. The molecule has 0 unspecified atom stereocenters. The Morgan fingerprint density at radius 1 is 0.929 bits per heavy atom. The molecule has 1 heterocycles. The molecule has 28 heavy (non-hydrogen) atoms. The number of methoxy groups -OCH3 is 1. The van der Waals surface area contributed by atoms with Gasteiger partial charge in [-0.2, -0.15) is 0 Å². The van der Waals surface area contributed by atoms with Crippen LogP contribution < -0.4 is 4.74 Å². The normalized spacial score (nSPS) is 20.0. The molecule has 2 nitrogen and oxygen atoms in total. The number of ether oxygens (including phenoxy) is 1. The van der Waals surface area contributed by atoms with Gasteiger partial charge in [0.1, 0.15) is 5.75 Å². The fourth-order valence-electron chi connectivity index (χ4n) is 4.34. The maximum atomic E-state index is 5.29. The van der Waals surface area contributed by atoms with Gasteiger partial charge < -0.3 is 4.74 Å². The Labute approximate surface area is 175 Å². The number of rotatable bonds is 5. The highest BCUT2D eigenvalue weighted by Gasteiger charge is 2.21. The second-order valence-electron chi connectivity index (χ2n) is 7.71. The lowest BCUT2D eigenvalue weighted by atomic mass is 9.85. The van der Waals surface area contributed by atoms with Crippen molar-refractivity contribution in [3.05, 3.63) is 77.9 Å². The summed E-state index contributed by atoms with van der Waals surface area (Å²) in [5.74, 6) is 1.69. The van der Waals surface area contributed by atoms with Crippen LogP contribution in [0.3, 0.4) is 0 Å². The molecule has 3 heteroatoms. The van der Waals surface area contributed by atoms with Gasteiger partial charge in [-0.25, -0.2) is 0 Å². The standard InChI is InChI=1S/C25H29NO.ClH/c1-27-25-12-10-22(11-13-25)24-9-5-6-20(18-24)19-26-16-14-23(15-17-26)21-7-3-2-4-8-21;/h2-4,7-14,20H,5-6,15-19H2,1H3;1H/t20-;/m1./s1. The molecule has 4 rings (SSSR count). The molecule has 0 radical (unpaired) electrons. The Hall–Kier alpha value is -2.03. The number of nitrogens with zero attached hydrogens (tertiary/aromatic N) is 1. The van der Waals surface area contributed by atoms with Gasteiger partial charge in [0.25, 0.3) is 0 Å². The van der Waals surface area contributed by atoms with Crippen LogP contribution in [-0.4, -0.2) is 31.6 Å². The zero-order valence-corrected chi connectivity index (χ0v) is 17.5. The van der Waals surface area contributed by atoms with Crippen molar-refractivity contribution in [2.45, 2.75) is 25.7 Å². The number of hydrogen-bond acceptors (Lipinski definition) is 2. The van der Waals surface area contributed by atoms with Crippen molar-refractivity contribution < 1.29 is 4.74 Å². The summed E-state index contributed by atoms with van der Waals surface area (Å²) in [7, 11) is 1.72. The van der Waals surface area contributed by atoms with Crippen LogP contribution in [0.2, 0.25) is 0 Å². The van der Waals surface area contributed by atoms with E-state index in [1.807, 2.05) is 0 Å². The topological polar surface area (TPSA) is 12.5 Å². The third kappa shape index (κ3) is 5.06. The van der Waals surface area contributed by atoms with Crippen LogP contribution in [0.1, 0.15) is 36.8 Å². The zero-order valence-electron chi connectivity index (χ0n) is 16.6. The van der Waals surface area contributed by atoms with Crippen LogP contribution in [0.25, 0.3) is 11.1 Å². The highest BCUT2D eigenvalue weighted by molar-refractivity contribution is 5.85. The van der Waals surface area contributed by atoms with Crippen LogP contribution in [0, 0.1) is 5.92 Å². The zero-order chi connectivity index (χ0) is 18.5. The first kappa shape index (κ1) is 20.7. The summed E-state index contributed by atoms with van der Waals surface area (Å²) in [4.78, 5) is 2.63. The lowest BCUT2D eigenvalue weighted by Gasteiger charge is -2.32. The van der Waals surface area contributed by atoms with E-state index >= 15 is 0 Å². The summed E-state index contributed by atoms with van der Waals surface area (Å²) in [6, 6.07) is 19.4. The summed E-state index contributed by atoms with van der Waals surface area (Å²) in [6.07, 6.45) is 9.73. The van der Waals surface area contributed by atoms with Gasteiger partial charge in [0.05, 0.1) is 7.11 Å². The second-order valence-corrected chi connectivity index (χ2v) is 7.71. The third-order valence-electron chi connectivity index (χ3n) is 5.89. The Balaban J connectivity index is 0.00000225. The second kappa shape index (κ2) is 9.95. The maximum absolute atomic E-state index is 5.29. The van der Waals surface area contributed by atoms with E-state index in [0.717, 1.165) is 24.6 Å². The van der Waals surface area contributed by atoms with E-state index in [1.54, 1.807) is 7.11 Å². The molecule has 0 bridgehead atoms. The quantitative estimate of drug-likeness (QED) is 0.607. The Morgan fingerprint density at radius 2 is 1.68 bits per heavy atom. The van der Waals surface area contributed by atoms with E-state index in [1.165, 1.54) is 54.6 Å². The molecular formula is C25H30ClNO. The lowest BCUT2D eigenvalue weighted by Crippen LogP contribution is -2.33. The Bertz CT molecular complexity index is 810. The van der Waals surface area contributed by atoms with Crippen molar-refractivity contribution in [1.29, 1.82) is 0 Å². The highest BCUT2D eigenvalue weighted by Crippen LogP contribution is 2.33. The van der Waals surface area contributed by atoms with Crippen molar-refractivity contribution in [1.82, 2.24) is 4.90 Å². The highest BCUT2D eigenvalue weighted by atomic mass is 35.5. The third-order valence-corrected chi connectivity index (χ3v) is 5.89. The van der Waals surface area contributed by atoms with Crippen molar-refractivity contribution >= 4 is 23.6 Å². The first-order valence-electron chi connectivity index (χ1n) is 10.1. The molecule has 0 saturated carbocycles. The van der Waals surface area contributed by atoms with Crippen molar-refractivity contribution in [3.8, 4) is 5.75 Å². The molecule has 2 aliphatic rings. The molecule has 0 N–H and O–H groups in total. The Morgan fingerprint density at radius 3 is 2.36 bits per heavy atom. The van der Waals surface area contributed by atoms with Gasteiger partial charge in [0, 0.05) is 19.6 Å². The van der Waals surface area contributed by atoms with Gasteiger partial charge in [0.15, 0.2) is 0 Å². The largest absolute Gasteiger partial charge is 0.497 e. The summed E-state index contributed by atoms with van der Waals surface area (Å²) in [5.41, 5.74) is 5.76. The number of hydrogen-bond donors (Lipinski definition) is 0. The number of halogens is 1. The van der Waals surface area contributed by atoms with Gasteiger partial charge >= 0.3 is 0 Å². The predicted molar refractivity (Wildman–Crippen MR) is 121 cm³/mol. The molecular weight excluding hydrogens is 366 g/mol. The van der Waals surface area contributed by atoms with E-state index in [4.69, 9.17) is 4.74 Å². The molecule has 2 aromatic carbocycles. The number of allylic oxidation sites excluding steroid dienone is 2. The van der Waals surface area contributed by atoms with Crippen LogP contribution in [0.4, 0.5) is 0 Å². The molecule has 0 fully saturated rings. The van der Waals surface area contributed by atoms with E-state index in [9.17, 15) is 0 Å². The first-order chi connectivity index (χ1) is 13.3. The fourth-order valence-corrected chi connectivity index (χ4v) is 4.34. The smallest absolute Gasteiger partial charge is 0.118 e. The monoisotopic (exact) mass is 395 g/mol. The van der Waals surface area contributed by atoms with Crippen molar-refractivity contribution in [2.75, 3.05) is 26.7 Å². The average Bonchev–Trinajstić information content (AvgIpc) is 2.75. The van der Waals surface area contributed by atoms with E-state index in [0.29, 0.717) is 0 Å². The first-order valence-corrected chi connectivity index (χ1v) is 10.1. The molecule has 1 aliphatic heterocycles. The van der Waals surface area contributed by atoms with Crippen LogP contribution in [0.5, 0.6) is 5.75 Å². The summed E-state index contributed by atoms with van der Waals surface area (Å²) >= 11 is 0. The minimum Gasteiger partial charge on any atom is -0.497 e. The van der Waals surface area contributed by atoms with Crippen LogP contribution >= 0.6 is 12.4 Å². The molecule has 0 aromatic heterocycles. The lowest BCUT2D eigenvalue weighted by molar-refractivity contribution is 0.244. The van der Waals surface area contributed by atoms with E-state index < -0.39 is 0 Å². The summed E-state index contributed by atoms with van der Waals surface area (Å²) < 4.78 is 5.29. The number of benzene rings is 2. The fraction of sp³-hybridized carbons (Fsp3) is 0.360. The molecule has 148 valence electrons. The van der Waals surface area contributed by atoms with Gasteiger partial charge in [-0.15, -0.1) is 12.4 Å². The van der Waals surface area contributed by atoms with Crippen molar-refractivity contribution in [3.63, 3.8) is 0 Å². The van der Waals surface area contributed by atoms with Gasteiger partial charge in [-0.1, -0.05) is 54.6 Å². The molecule has 0 amide bonds. The van der Waals surface area contributed by atoms with E-state index in [2.05, 4.69) is 71.6 Å². The van der Waals surface area contributed by atoms with Crippen molar-refractivity contribution in [2.24, 2.45) is 5.92 Å². The van der Waals surface area contributed by atoms with Gasteiger partial charge in [-0.3, -0.25) is 4.90 Å². The summed E-state index contributed by atoms with van der Waals surface area (Å²) in [6.45, 7) is 3.48. The maximum Gasteiger partial charge on any atom is 0.118 e. The minimum absolute atomic E-state index is 0. The summed E-state index contributed by atoms with van der Waals surface area (Å²) in [5, 5.41) is 0. The Kier molecular flexibility index (Phi) is 7.36. The van der Waals surface area contributed by atoms with Gasteiger partial charge in [0.2, 0.25) is 0 Å². The molecule has 1 atom stereocenters. The van der Waals surface area contributed by atoms with Crippen LogP contribution in [0.15, 0.2) is 66.7 Å².